The minimum Gasteiger partial charge on any atom is -0.354 e. The highest BCUT2D eigenvalue weighted by Gasteiger charge is 2.44. The van der Waals surface area contributed by atoms with Gasteiger partial charge in [-0.15, -0.1) is 0 Å². The molecule has 1 heteroatoms. The lowest BCUT2D eigenvalue weighted by Crippen LogP contribution is -2.27. The first-order valence-electron chi connectivity index (χ1n) is 12.8. The number of rotatable bonds is 2. The lowest BCUT2D eigenvalue weighted by atomic mass is 9.68. The molecule has 4 aromatic carbocycles. The van der Waals surface area contributed by atoms with Crippen molar-refractivity contribution in [3.05, 3.63) is 107 Å². The summed E-state index contributed by atoms with van der Waals surface area (Å²) >= 11 is 0. The molecule has 1 N–H and O–H groups in total. The molecule has 7 rings (SSSR count). The number of benzene rings is 4. The van der Waals surface area contributed by atoms with E-state index >= 15 is 0 Å². The maximum Gasteiger partial charge on any atom is 0.0467 e. The van der Waals surface area contributed by atoms with Crippen molar-refractivity contribution in [2.24, 2.45) is 0 Å². The second-order valence-corrected chi connectivity index (χ2v) is 10.9. The molecule has 1 fully saturated rings. The minimum atomic E-state index is 0.0149. The predicted octanol–water partition coefficient (Wildman–Crippen LogP) is 8.97. The molecule has 0 radical (unpaired) electrons. The van der Waals surface area contributed by atoms with E-state index in [0.717, 1.165) is 0 Å². The van der Waals surface area contributed by atoms with Gasteiger partial charge < -0.3 is 5.32 Å². The molecule has 0 amide bonds. The smallest absolute Gasteiger partial charge is 0.0467 e. The van der Waals surface area contributed by atoms with E-state index < -0.39 is 0 Å². The van der Waals surface area contributed by atoms with Crippen molar-refractivity contribution in [1.29, 1.82) is 0 Å². The Morgan fingerprint density at radius 2 is 1.06 bits per heavy atom. The number of nitrogens with one attached hydrogen (secondary N) is 1. The Morgan fingerprint density at radius 1 is 0.529 bits per heavy atom. The zero-order chi connectivity index (χ0) is 22.9. The Morgan fingerprint density at radius 3 is 1.76 bits per heavy atom. The van der Waals surface area contributed by atoms with Crippen LogP contribution >= 0.6 is 0 Å². The molecule has 0 aromatic heterocycles. The molecule has 0 bridgehead atoms. The van der Waals surface area contributed by atoms with E-state index in [4.69, 9.17) is 0 Å². The van der Waals surface area contributed by atoms with E-state index in [-0.39, 0.29) is 10.8 Å². The topological polar surface area (TPSA) is 12.0 Å². The van der Waals surface area contributed by atoms with Gasteiger partial charge in [-0.25, -0.2) is 0 Å². The number of fused-ring (bicyclic) bond motifs is 8. The molecule has 168 valence electrons. The second-order valence-electron chi connectivity index (χ2n) is 10.9. The zero-order valence-electron chi connectivity index (χ0n) is 20.1. The van der Waals surface area contributed by atoms with Gasteiger partial charge in [0.25, 0.3) is 0 Å². The van der Waals surface area contributed by atoms with E-state index in [1.54, 1.807) is 5.56 Å². The summed E-state index contributed by atoms with van der Waals surface area (Å²) in [4.78, 5) is 0. The Bertz CT molecular complexity index is 1430. The van der Waals surface area contributed by atoms with Gasteiger partial charge in [0.15, 0.2) is 0 Å². The summed E-state index contributed by atoms with van der Waals surface area (Å²) in [6, 6.07) is 31.8. The lowest BCUT2D eigenvalue weighted by Gasteiger charge is -2.36. The van der Waals surface area contributed by atoms with Gasteiger partial charge in [-0.3, -0.25) is 0 Å². The van der Waals surface area contributed by atoms with Crippen molar-refractivity contribution in [2.45, 2.75) is 56.8 Å². The third kappa shape index (κ3) is 2.56. The number of hydrogen-bond donors (Lipinski definition) is 1. The summed E-state index contributed by atoms with van der Waals surface area (Å²) in [5.74, 6) is 0. The van der Waals surface area contributed by atoms with Crippen LogP contribution in [0.1, 0.15) is 68.2 Å². The van der Waals surface area contributed by atoms with Crippen LogP contribution in [0.15, 0.2) is 84.9 Å². The monoisotopic (exact) mass is 441 g/mol. The highest BCUT2D eigenvalue weighted by atomic mass is 14.9. The van der Waals surface area contributed by atoms with Crippen molar-refractivity contribution in [3.8, 4) is 22.3 Å². The summed E-state index contributed by atoms with van der Waals surface area (Å²) in [6.07, 6.45) is 6.54. The van der Waals surface area contributed by atoms with E-state index in [1.807, 2.05) is 0 Å². The summed E-state index contributed by atoms with van der Waals surface area (Å²) in [6.45, 7) is 4.70. The van der Waals surface area contributed by atoms with Crippen LogP contribution in [0.3, 0.4) is 0 Å². The average molecular weight is 442 g/mol. The lowest BCUT2D eigenvalue weighted by molar-refractivity contribution is 0.353. The van der Waals surface area contributed by atoms with Crippen LogP contribution < -0.4 is 5.32 Å². The first-order valence-corrected chi connectivity index (χ1v) is 12.8. The van der Waals surface area contributed by atoms with Gasteiger partial charge in [0.1, 0.15) is 0 Å². The largest absolute Gasteiger partial charge is 0.354 e. The molecule has 0 aliphatic heterocycles. The van der Waals surface area contributed by atoms with E-state index in [2.05, 4.69) is 104 Å². The van der Waals surface area contributed by atoms with Crippen LogP contribution in [0.5, 0.6) is 0 Å². The standard InChI is InChI=1S/C33H31N/c1-32(2)24-14-6-4-12-22(24)30-26(32)16-10-18-28(30)34-29-19-11-17-27-31(29)23-13-5-7-15-25(23)33(27)20-8-3-9-21-33/h4-7,10-19,34H,3,8-9,20-21H2,1-2H3. The molecule has 3 aliphatic carbocycles. The SMILES string of the molecule is CC1(C)c2ccccc2-c2c(Nc3cccc4c3-c3ccccc3C43CCCCC3)cccc21. The van der Waals surface area contributed by atoms with Crippen LogP contribution in [0, 0.1) is 0 Å². The maximum atomic E-state index is 3.95. The normalized spacial score (nSPS) is 18.2. The average Bonchev–Trinajstić information content (AvgIpc) is 3.28. The molecule has 4 aromatic rings. The van der Waals surface area contributed by atoms with Crippen LogP contribution in [0.2, 0.25) is 0 Å². The van der Waals surface area contributed by atoms with Gasteiger partial charge in [0.2, 0.25) is 0 Å². The van der Waals surface area contributed by atoms with Crippen molar-refractivity contribution < 1.29 is 0 Å². The fourth-order valence-electron chi connectivity index (χ4n) is 7.31. The van der Waals surface area contributed by atoms with Gasteiger partial charge in [-0.2, -0.15) is 0 Å². The van der Waals surface area contributed by atoms with Crippen LogP contribution in [-0.4, -0.2) is 0 Å². The van der Waals surface area contributed by atoms with Gasteiger partial charge in [-0.1, -0.05) is 106 Å². The summed E-state index contributed by atoms with van der Waals surface area (Å²) in [5, 5.41) is 3.95. The maximum absolute atomic E-state index is 3.95. The van der Waals surface area contributed by atoms with E-state index in [9.17, 15) is 0 Å². The third-order valence-corrected chi connectivity index (χ3v) is 8.88. The summed E-state index contributed by atoms with van der Waals surface area (Å²) in [7, 11) is 0. The highest BCUT2D eigenvalue weighted by molar-refractivity contribution is 5.96. The Hall–Kier alpha value is -3.32. The third-order valence-electron chi connectivity index (χ3n) is 8.88. The molecule has 0 unspecified atom stereocenters. The zero-order valence-corrected chi connectivity index (χ0v) is 20.1. The molecular weight excluding hydrogens is 410 g/mol. The Balaban J connectivity index is 1.42. The van der Waals surface area contributed by atoms with Crippen LogP contribution in [0.25, 0.3) is 22.3 Å². The van der Waals surface area contributed by atoms with Crippen molar-refractivity contribution in [3.63, 3.8) is 0 Å². The molecule has 1 nitrogen and oxygen atoms in total. The Labute approximate surface area is 202 Å². The molecule has 34 heavy (non-hydrogen) atoms. The van der Waals surface area contributed by atoms with Gasteiger partial charge in [-0.05, 0) is 58.4 Å². The molecule has 1 saturated carbocycles. The van der Waals surface area contributed by atoms with Crippen LogP contribution in [0.4, 0.5) is 11.4 Å². The van der Waals surface area contributed by atoms with Crippen molar-refractivity contribution in [1.82, 2.24) is 0 Å². The predicted molar refractivity (Wildman–Crippen MR) is 143 cm³/mol. The van der Waals surface area contributed by atoms with E-state index in [1.165, 1.54) is 82.4 Å². The Kier molecular flexibility index (Phi) is 4.19. The molecule has 3 aliphatic rings. The number of hydrogen-bond acceptors (Lipinski definition) is 1. The summed E-state index contributed by atoms with van der Waals surface area (Å²) in [5.41, 5.74) is 14.1. The first kappa shape index (κ1) is 20.1. The molecule has 0 saturated heterocycles. The molecule has 0 atom stereocenters. The van der Waals surface area contributed by atoms with Gasteiger partial charge >= 0.3 is 0 Å². The second kappa shape index (κ2) is 7.09. The highest BCUT2D eigenvalue weighted by Crippen LogP contribution is 2.58. The first-order chi connectivity index (χ1) is 16.6. The van der Waals surface area contributed by atoms with E-state index in [0.29, 0.717) is 0 Å². The van der Waals surface area contributed by atoms with Crippen molar-refractivity contribution >= 4 is 11.4 Å². The van der Waals surface area contributed by atoms with Gasteiger partial charge in [0, 0.05) is 33.3 Å². The minimum absolute atomic E-state index is 0.0149. The number of anilines is 2. The molecule has 1 spiro atoms. The summed E-state index contributed by atoms with van der Waals surface area (Å²) < 4.78 is 0. The molecular formula is C33H31N. The fraction of sp³-hybridized carbons (Fsp3) is 0.273. The molecule has 0 heterocycles. The quantitative estimate of drug-likeness (QED) is 0.327. The van der Waals surface area contributed by atoms with Gasteiger partial charge in [0.05, 0.1) is 0 Å². The van der Waals surface area contributed by atoms with Crippen molar-refractivity contribution in [2.75, 3.05) is 5.32 Å². The van der Waals surface area contributed by atoms with Crippen LogP contribution in [-0.2, 0) is 10.8 Å². The fourth-order valence-corrected chi connectivity index (χ4v) is 7.31.